The molecule has 1 atom stereocenters. The summed E-state index contributed by atoms with van der Waals surface area (Å²) in [6, 6.07) is 13.6. The maximum Gasteiger partial charge on any atom is 0.243 e. The molecule has 0 aromatic heterocycles. The topological polar surface area (TPSA) is 66.5 Å². The zero-order valence-electron chi connectivity index (χ0n) is 15.6. The highest BCUT2D eigenvalue weighted by molar-refractivity contribution is 7.99. The highest BCUT2D eigenvalue weighted by atomic mass is 35.5. The SMILES string of the molecule is Cc1ccc(SCCNC(=O)C2CCCN2S(=O)(=O)c2ccc(Cl)cc2)cc1. The number of nitrogens with zero attached hydrogens (tertiary/aromatic N) is 1. The van der Waals surface area contributed by atoms with E-state index in [9.17, 15) is 13.2 Å². The molecule has 1 amide bonds. The van der Waals surface area contributed by atoms with Crippen molar-refractivity contribution >= 4 is 39.3 Å². The first-order valence-corrected chi connectivity index (χ1v) is 11.9. The van der Waals surface area contributed by atoms with Gasteiger partial charge in [0.2, 0.25) is 15.9 Å². The number of carbonyl (C=O) groups excluding carboxylic acids is 1. The first-order valence-electron chi connectivity index (χ1n) is 9.12. The lowest BCUT2D eigenvalue weighted by Crippen LogP contribution is -2.46. The van der Waals surface area contributed by atoms with Crippen molar-refractivity contribution in [2.45, 2.75) is 35.6 Å². The van der Waals surface area contributed by atoms with Gasteiger partial charge in [0.05, 0.1) is 4.90 Å². The van der Waals surface area contributed by atoms with Crippen LogP contribution in [0.2, 0.25) is 5.02 Å². The Morgan fingerprint density at radius 3 is 2.54 bits per heavy atom. The van der Waals surface area contributed by atoms with E-state index in [1.807, 2.05) is 6.92 Å². The molecule has 0 bridgehead atoms. The van der Waals surface area contributed by atoms with E-state index in [1.165, 1.54) is 22.0 Å². The lowest BCUT2D eigenvalue weighted by atomic mass is 10.2. The maximum atomic E-state index is 12.9. The zero-order valence-corrected chi connectivity index (χ0v) is 18.0. The number of rotatable bonds is 7. The van der Waals surface area contributed by atoms with Gasteiger partial charge in [0.1, 0.15) is 6.04 Å². The summed E-state index contributed by atoms with van der Waals surface area (Å²) in [5.41, 5.74) is 1.21. The number of hydrogen-bond acceptors (Lipinski definition) is 4. The fraction of sp³-hybridized carbons (Fsp3) is 0.350. The van der Waals surface area contributed by atoms with Gasteiger partial charge in [0, 0.05) is 28.8 Å². The van der Waals surface area contributed by atoms with Crippen molar-refractivity contribution in [3.05, 3.63) is 59.1 Å². The molecule has 0 radical (unpaired) electrons. The average molecular weight is 439 g/mol. The van der Waals surface area contributed by atoms with Crippen LogP contribution in [-0.4, -0.2) is 43.5 Å². The average Bonchev–Trinajstić information content (AvgIpc) is 3.18. The summed E-state index contributed by atoms with van der Waals surface area (Å²) >= 11 is 7.51. The Morgan fingerprint density at radius 1 is 1.18 bits per heavy atom. The van der Waals surface area contributed by atoms with Crippen LogP contribution in [0.5, 0.6) is 0 Å². The molecule has 1 N–H and O–H groups in total. The van der Waals surface area contributed by atoms with E-state index in [2.05, 4.69) is 29.6 Å². The van der Waals surface area contributed by atoms with Crippen LogP contribution in [-0.2, 0) is 14.8 Å². The van der Waals surface area contributed by atoms with Crippen molar-refractivity contribution in [1.29, 1.82) is 0 Å². The van der Waals surface area contributed by atoms with E-state index in [1.54, 1.807) is 23.9 Å². The van der Waals surface area contributed by atoms with Crippen molar-refractivity contribution in [3.8, 4) is 0 Å². The second kappa shape index (κ2) is 9.31. The number of sulfonamides is 1. The third kappa shape index (κ3) is 5.08. The Morgan fingerprint density at radius 2 is 1.86 bits per heavy atom. The number of nitrogens with one attached hydrogen (secondary N) is 1. The number of halogens is 1. The molecule has 0 spiro atoms. The number of aryl methyl sites for hydroxylation is 1. The van der Waals surface area contributed by atoms with Gasteiger partial charge in [-0.15, -0.1) is 11.8 Å². The molecule has 5 nitrogen and oxygen atoms in total. The molecule has 1 heterocycles. The molecule has 28 heavy (non-hydrogen) atoms. The van der Waals surface area contributed by atoms with Gasteiger partial charge in [0.25, 0.3) is 0 Å². The van der Waals surface area contributed by atoms with Crippen LogP contribution in [0.4, 0.5) is 0 Å². The predicted molar refractivity (Wildman–Crippen MR) is 113 cm³/mol. The number of thioether (sulfide) groups is 1. The molecule has 1 aliphatic heterocycles. The van der Waals surface area contributed by atoms with Crippen LogP contribution in [0.15, 0.2) is 58.3 Å². The van der Waals surface area contributed by atoms with Crippen LogP contribution in [0.3, 0.4) is 0 Å². The Balaban J connectivity index is 1.56. The van der Waals surface area contributed by atoms with Crippen molar-refractivity contribution in [2.75, 3.05) is 18.8 Å². The second-order valence-corrected chi connectivity index (χ2v) is 10.2. The largest absolute Gasteiger partial charge is 0.354 e. The monoisotopic (exact) mass is 438 g/mol. The highest BCUT2D eigenvalue weighted by Gasteiger charge is 2.39. The van der Waals surface area contributed by atoms with E-state index >= 15 is 0 Å². The zero-order chi connectivity index (χ0) is 20.1. The van der Waals surface area contributed by atoms with E-state index in [-0.39, 0.29) is 10.8 Å². The Hall–Kier alpha value is -1.54. The van der Waals surface area contributed by atoms with E-state index in [0.717, 1.165) is 10.6 Å². The van der Waals surface area contributed by atoms with Crippen LogP contribution in [0, 0.1) is 6.92 Å². The molecule has 1 saturated heterocycles. The first kappa shape index (κ1) is 21.2. The van der Waals surface area contributed by atoms with E-state index in [0.29, 0.717) is 31.0 Å². The minimum absolute atomic E-state index is 0.159. The fourth-order valence-electron chi connectivity index (χ4n) is 3.13. The molecule has 2 aromatic carbocycles. The quantitative estimate of drug-likeness (QED) is 0.528. The lowest BCUT2D eigenvalue weighted by molar-refractivity contribution is -0.124. The normalized spacial score (nSPS) is 17.6. The van der Waals surface area contributed by atoms with Crippen molar-refractivity contribution in [1.82, 2.24) is 9.62 Å². The van der Waals surface area contributed by atoms with Gasteiger partial charge in [0.15, 0.2) is 0 Å². The van der Waals surface area contributed by atoms with Crippen LogP contribution in [0.1, 0.15) is 18.4 Å². The molecule has 0 aliphatic carbocycles. The molecule has 1 fully saturated rings. The minimum atomic E-state index is -3.72. The smallest absolute Gasteiger partial charge is 0.243 e. The van der Waals surface area contributed by atoms with Crippen LogP contribution >= 0.6 is 23.4 Å². The molecule has 8 heteroatoms. The summed E-state index contributed by atoms with van der Waals surface area (Å²) in [4.78, 5) is 13.9. The molecule has 2 aromatic rings. The third-order valence-corrected chi connectivity index (χ3v) is 7.81. The molecule has 0 saturated carbocycles. The number of benzene rings is 2. The summed E-state index contributed by atoms with van der Waals surface area (Å²) in [6.07, 6.45) is 1.20. The van der Waals surface area contributed by atoms with Gasteiger partial charge in [-0.3, -0.25) is 4.79 Å². The Bertz CT molecular complexity index is 915. The lowest BCUT2D eigenvalue weighted by Gasteiger charge is -2.23. The minimum Gasteiger partial charge on any atom is -0.354 e. The van der Waals surface area contributed by atoms with Crippen molar-refractivity contribution in [2.24, 2.45) is 0 Å². The van der Waals surface area contributed by atoms with Gasteiger partial charge in [-0.1, -0.05) is 29.3 Å². The van der Waals surface area contributed by atoms with Gasteiger partial charge in [-0.05, 0) is 56.2 Å². The van der Waals surface area contributed by atoms with Crippen LogP contribution < -0.4 is 5.32 Å². The second-order valence-electron chi connectivity index (χ2n) is 6.68. The van der Waals surface area contributed by atoms with E-state index < -0.39 is 16.1 Å². The summed E-state index contributed by atoms with van der Waals surface area (Å²) in [6.45, 7) is 2.88. The molecule has 1 aliphatic rings. The third-order valence-electron chi connectivity index (χ3n) is 4.62. The molecule has 1 unspecified atom stereocenters. The molecule has 3 rings (SSSR count). The Kier molecular flexibility index (Phi) is 7.04. The number of carbonyl (C=O) groups is 1. The summed E-state index contributed by atoms with van der Waals surface area (Å²) in [5, 5.41) is 3.35. The van der Waals surface area contributed by atoms with Gasteiger partial charge in [-0.2, -0.15) is 4.31 Å². The fourth-order valence-corrected chi connectivity index (χ4v) is 5.68. The summed E-state index contributed by atoms with van der Waals surface area (Å²) in [5.74, 6) is 0.491. The van der Waals surface area contributed by atoms with Gasteiger partial charge < -0.3 is 5.32 Å². The van der Waals surface area contributed by atoms with Crippen molar-refractivity contribution < 1.29 is 13.2 Å². The van der Waals surface area contributed by atoms with E-state index in [4.69, 9.17) is 11.6 Å². The molecular formula is C20H23ClN2O3S2. The van der Waals surface area contributed by atoms with Crippen molar-refractivity contribution in [3.63, 3.8) is 0 Å². The van der Waals surface area contributed by atoms with Gasteiger partial charge in [-0.25, -0.2) is 8.42 Å². The summed E-state index contributed by atoms with van der Waals surface area (Å²) < 4.78 is 27.1. The number of amides is 1. The highest BCUT2D eigenvalue weighted by Crippen LogP contribution is 2.27. The summed E-state index contributed by atoms with van der Waals surface area (Å²) in [7, 11) is -3.72. The molecule has 150 valence electrons. The standard InChI is InChI=1S/C20H23ClN2O3S2/c1-15-4-8-17(9-5-15)27-14-12-22-20(24)19-3-2-13-23(19)28(25,26)18-10-6-16(21)7-11-18/h4-11,19H,2-3,12-14H2,1H3,(H,22,24). The van der Waals surface area contributed by atoms with Gasteiger partial charge >= 0.3 is 0 Å². The number of hydrogen-bond donors (Lipinski definition) is 1. The molecular weight excluding hydrogens is 416 g/mol. The van der Waals surface area contributed by atoms with Crippen LogP contribution in [0.25, 0.3) is 0 Å². The Labute approximate surface area is 175 Å². The maximum absolute atomic E-state index is 12.9. The first-order chi connectivity index (χ1) is 13.4. The predicted octanol–water partition coefficient (Wildman–Crippen LogP) is 3.71.